The van der Waals surface area contributed by atoms with Gasteiger partial charge in [-0.15, -0.1) is 0 Å². The van der Waals surface area contributed by atoms with Crippen LogP contribution in [0.25, 0.3) is 5.57 Å². The summed E-state index contributed by atoms with van der Waals surface area (Å²) in [5.41, 5.74) is 5.67. The normalized spacial score (nSPS) is 19.6. The maximum absolute atomic E-state index is 2.33. The summed E-state index contributed by atoms with van der Waals surface area (Å²) >= 11 is 1.96. The van der Waals surface area contributed by atoms with Gasteiger partial charge in [-0.1, -0.05) is 73.3 Å². The van der Waals surface area contributed by atoms with Crippen molar-refractivity contribution in [3.05, 3.63) is 82.3 Å². The van der Waals surface area contributed by atoms with Gasteiger partial charge < -0.3 is 0 Å². The van der Waals surface area contributed by atoms with Crippen LogP contribution in [0, 0.1) is 0 Å². The van der Waals surface area contributed by atoms with E-state index in [1.54, 1.807) is 0 Å². The van der Waals surface area contributed by atoms with E-state index in [0.29, 0.717) is 5.92 Å². The highest BCUT2D eigenvalue weighted by atomic mass is 32.2. The average molecular weight is 290 g/mol. The van der Waals surface area contributed by atoms with Gasteiger partial charge in [-0.3, -0.25) is 0 Å². The van der Waals surface area contributed by atoms with Crippen molar-refractivity contribution in [2.75, 3.05) is 0 Å². The molecule has 0 amide bonds. The van der Waals surface area contributed by atoms with Gasteiger partial charge in [0.05, 0.1) is 0 Å². The molecule has 0 N–H and O–H groups in total. The Kier molecular flexibility index (Phi) is 3.23. The van der Waals surface area contributed by atoms with Crippen LogP contribution in [0.1, 0.15) is 36.0 Å². The number of allylic oxidation sites excluding steroid dienone is 4. The Morgan fingerprint density at radius 2 is 1.86 bits per heavy atom. The fourth-order valence-corrected chi connectivity index (χ4v) is 4.60. The second-order valence-electron chi connectivity index (χ2n) is 5.66. The third kappa shape index (κ3) is 2.16. The SMILES string of the molecule is CCc1ccc(C2=C3Sc4ccccc4C3CC=C2)cc1. The summed E-state index contributed by atoms with van der Waals surface area (Å²) in [6, 6.07) is 17.9. The number of fused-ring (bicyclic) bond motifs is 3. The van der Waals surface area contributed by atoms with E-state index in [1.807, 2.05) is 11.8 Å². The molecule has 1 aliphatic carbocycles. The van der Waals surface area contributed by atoms with E-state index in [2.05, 4.69) is 67.6 Å². The highest BCUT2D eigenvalue weighted by Gasteiger charge is 2.31. The van der Waals surface area contributed by atoms with E-state index in [-0.39, 0.29) is 0 Å². The maximum atomic E-state index is 2.33. The number of aryl methyl sites for hydroxylation is 1. The van der Waals surface area contributed by atoms with Crippen molar-refractivity contribution in [3.63, 3.8) is 0 Å². The van der Waals surface area contributed by atoms with Gasteiger partial charge in [-0.05, 0) is 41.2 Å². The van der Waals surface area contributed by atoms with Crippen LogP contribution in [-0.2, 0) is 6.42 Å². The lowest BCUT2D eigenvalue weighted by molar-refractivity contribution is 0.841. The highest BCUT2D eigenvalue weighted by Crippen LogP contribution is 2.54. The first-order chi connectivity index (χ1) is 10.4. The van der Waals surface area contributed by atoms with E-state index in [4.69, 9.17) is 0 Å². The lowest BCUT2D eigenvalue weighted by atomic mass is 9.87. The van der Waals surface area contributed by atoms with Crippen LogP contribution >= 0.6 is 11.8 Å². The van der Waals surface area contributed by atoms with Crippen molar-refractivity contribution >= 4 is 17.3 Å². The predicted octanol–water partition coefficient (Wildman–Crippen LogP) is 5.81. The zero-order chi connectivity index (χ0) is 14.2. The molecule has 2 aromatic rings. The fraction of sp³-hybridized carbons (Fsp3) is 0.200. The van der Waals surface area contributed by atoms with Gasteiger partial charge in [-0.25, -0.2) is 0 Å². The molecule has 1 aliphatic heterocycles. The molecule has 21 heavy (non-hydrogen) atoms. The fourth-order valence-electron chi connectivity index (χ4n) is 3.23. The van der Waals surface area contributed by atoms with Gasteiger partial charge in [0.2, 0.25) is 0 Å². The molecule has 1 heteroatoms. The minimum Gasteiger partial charge on any atom is -0.0929 e. The molecule has 2 aromatic carbocycles. The van der Waals surface area contributed by atoms with Crippen molar-refractivity contribution in [1.29, 1.82) is 0 Å². The minimum absolute atomic E-state index is 0.567. The van der Waals surface area contributed by atoms with Crippen LogP contribution in [0.5, 0.6) is 0 Å². The van der Waals surface area contributed by atoms with Crippen LogP contribution in [0.3, 0.4) is 0 Å². The summed E-state index contributed by atoms with van der Waals surface area (Å²) in [5.74, 6) is 0.567. The smallest absolute Gasteiger partial charge is 0.0205 e. The van der Waals surface area contributed by atoms with Gasteiger partial charge in [0.1, 0.15) is 0 Å². The molecule has 1 atom stereocenters. The lowest BCUT2D eigenvalue weighted by Crippen LogP contribution is -2.00. The Balaban J connectivity index is 1.80. The molecule has 0 saturated carbocycles. The molecule has 1 unspecified atom stereocenters. The third-order valence-electron chi connectivity index (χ3n) is 4.43. The van der Waals surface area contributed by atoms with Gasteiger partial charge in [0.25, 0.3) is 0 Å². The minimum atomic E-state index is 0.567. The maximum Gasteiger partial charge on any atom is 0.0205 e. The van der Waals surface area contributed by atoms with E-state index < -0.39 is 0 Å². The molecule has 4 rings (SSSR count). The Morgan fingerprint density at radius 3 is 2.67 bits per heavy atom. The summed E-state index contributed by atoms with van der Waals surface area (Å²) in [5, 5.41) is 0. The zero-order valence-electron chi connectivity index (χ0n) is 12.2. The Bertz CT molecular complexity index is 735. The number of thioether (sulfide) groups is 1. The second kappa shape index (κ2) is 5.23. The molecule has 2 aliphatic rings. The molecule has 0 aromatic heterocycles. The van der Waals surface area contributed by atoms with Crippen molar-refractivity contribution in [3.8, 4) is 0 Å². The van der Waals surface area contributed by atoms with Crippen molar-refractivity contribution < 1.29 is 0 Å². The predicted molar refractivity (Wildman–Crippen MR) is 91.5 cm³/mol. The van der Waals surface area contributed by atoms with Crippen LogP contribution in [-0.4, -0.2) is 0 Å². The molecular weight excluding hydrogens is 272 g/mol. The monoisotopic (exact) mass is 290 g/mol. The number of hydrogen-bond acceptors (Lipinski definition) is 1. The number of benzene rings is 2. The molecule has 0 spiro atoms. The van der Waals surface area contributed by atoms with Crippen LogP contribution < -0.4 is 0 Å². The van der Waals surface area contributed by atoms with Crippen LogP contribution in [0.2, 0.25) is 0 Å². The van der Waals surface area contributed by atoms with E-state index in [1.165, 1.54) is 32.1 Å². The lowest BCUT2D eigenvalue weighted by Gasteiger charge is -2.19. The Hall–Kier alpha value is -1.73. The van der Waals surface area contributed by atoms with Gasteiger partial charge in [0, 0.05) is 15.7 Å². The van der Waals surface area contributed by atoms with Crippen molar-refractivity contribution in [1.82, 2.24) is 0 Å². The standard InChI is InChI=1S/C20H18S/c1-2-14-10-12-15(13-11-14)16-7-5-8-18-17-6-3-4-9-19(17)21-20(16)18/h3-7,9-13,18H,2,8H2,1H3. The summed E-state index contributed by atoms with van der Waals surface area (Å²) < 4.78 is 0. The quantitative estimate of drug-likeness (QED) is 0.672. The van der Waals surface area contributed by atoms with E-state index in [0.717, 1.165) is 12.8 Å². The first-order valence-electron chi connectivity index (χ1n) is 7.63. The van der Waals surface area contributed by atoms with Crippen molar-refractivity contribution in [2.45, 2.75) is 30.6 Å². The van der Waals surface area contributed by atoms with Gasteiger partial charge in [0.15, 0.2) is 0 Å². The summed E-state index contributed by atoms with van der Waals surface area (Å²) in [6.07, 6.45) is 6.88. The first kappa shape index (κ1) is 13.0. The largest absolute Gasteiger partial charge is 0.0929 e. The summed E-state index contributed by atoms with van der Waals surface area (Å²) in [7, 11) is 0. The Morgan fingerprint density at radius 1 is 1.05 bits per heavy atom. The van der Waals surface area contributed by atoms with E-state index >= 15 is 0 Å². The molecule has 0 fully saturated rings. The zero-order valence-corrected chi connectivity index (χ0v) is 13.0. The van der Waals surface area contributed by atoms with E-state index in [9.17, 15) is 0 Å². The highest BCUT2D eigenvalue weighted by molar-refractivity contribution is 8.03. The summed E-state index contributed by atoms with van der Waals surface area (Å²) in [6.45, 7) is 2.21. The molecule has 0 saturated heterocycles. The molecule has 0 nitrogen and oxygen atoms in total. The molecular formula is C20H18S. The van der Waals surface area contributed by atoms with Crippen molar-refractivity contribution in [2.24, 2.45) is 0 Å². The van der Waals surface area contributed by atoms with Gasteiger partial charge >= 0.3 is 0 Å². The molecule has 0 radical (unpaired) electrons. The molecule has 104 valence electrons. The van der Waals surface area contributed by atoms with Crippen LogP contribution in [0.15, 0.2) is 70.5 Å². The average Bonchev–Trinajstić information content (AvgIpc) is 2.94. The molecule has 0 bridgehead atoms. The summed E-state index contributed by atoms with van der Waals surface area (Å²) in [4.78, 5) is 2.96. The number of rotatable bonds is 2. The number of hydrogen-bond donors (Lipinski definition) is 0. The second-order valence-corrected chi connectivity index (χ2v) is 6.74. The third-order valence-corrected chi connectivity index (χ3v) is 5.74. The van der Waals surface area contributed by atoms with Gasteiger partial charge in [-0.2, -0.15) is 0 Å². The first-order valence-corrected chi connectivity index (χ1v) is 8.45. The van der Waals surface area contributed by atoms with Crippen LogP contribution in [0.4, 0.5) is 0 Å². The Labute approximate surface area is 130 Å². The topological polar surface area (TPSA) is 0 Å². The molecule has 1 heterocycles.